The number of azo groups is 2. The van der Waals surface area contributed by atoms with Crippen molar-refractivity contribution in [2.75, 3.05) is 27.3 Å². The lowest BCUT2D eigenvalue weighted by molar-refractivity contribution is -0.127. The molecule has 0 saturated heterocycles. The van der Waals surface area contributed by atoms with Crippen LogP contribution in [-0.4, -0.2) is 53.3 Å². The van der Waals surface area contributed by atoms with Crippen molar-refractivity contribution >= 4 is 151 Å². The molecule has 0 aromatic heterocycles. The molecule has 324 valence electrons. The Morgan fingerprint density at radius 2 is 0.968 bits per heavy atom. The maximum absolute atomic E-state index is 13.4. The fourth-order valence-corrected chi connectivity index (χ4v) is 6.54. The fraction of sp³-hybridized carbons (Fsp3) is 0.122. The van der Waals surface area contributed by atoms with E-state index in [1.807, 2.05) is 0 Å². The number of hydrogen-bond donors (Lipinski definition) is 4. The average Bonchev–Trinajstić information content (AvgIpc) is 3.22. The number of hydrogen-bond acceptors (Lipinski definition) is 11. The van der Waals surface area contributed by atoms with E-state index in [2.05, 4.69) is 41.7 Å². The van der Waals surface area contributed by atoms with Crippen LogP contribution in [-0.2, 0) is 19.2 Å². The maximum atomic E-state index is 13.4. The monoisotopic (exact) mass is 990 g/mol. The van der Waals surface area contributed by atoms with Crippen LogP contribution in [0.4, 0.5) is 34.1 Å². The first-order chi connectivity index (χ1) is 29.9. The highest BCUT2D eigenvalue weighted by atomic mass is 35.5. The highest BCUT2D eigenvalue weighted by molar-refractivity contribution is 6.38. The van der Waals surface area contributed by atoms with Crippen LogP contribution in [0.1, 0.15) is 34.6 Å². The van der Waals surface area contributed by atoms with E-state index in [4.69, 9.17) is 85.9 Å². The molecule has 5 aromatic rings. The highest BCUT2D eigenvalue weighted by Crippen LogP contribution is 2.33. The largest absolute Gasteiger partial charge is 0.476 e. The highest BCUT2D eigenvalue weighted by Gasteiger charge is 2.27. The summed E-state index contributed by atoms with van der Waals surface area (Å²) in [6.07, 6.45) is 0. The van der Waals surface area contributed by atoms with Crippen LogP contribution in [0.3, 0.4) is 0 Å². The minimum atomic E-state index is -1.69. The summed E-state index contributed by atoms with van der Waals surface area (Å²) in [6, 6.07) is 17.5. The zero-order chi connectivity index (χ0) is 46.0. The van der Waals surface area contributed by atoms with Crippen molar-refractivity contribution in [3.8, 4) is 5.75 Å². The van der Waals surface area contributed by atoms with Gasteiger partial charge in [-0.15, -0.1) is 0 Å². The number of nitrogens with one attached hydrogen (secondary N) is 4. The van der Waals surface area contributed by atoms with Crippen molar-refractivity contribution in [3.05, 3.63) is 132 Å². The van der Waals surface area contributed by atoms with Crippen molar-refractivity contribution < 1.29 is 33.5 Å². The lowest BCUT2D eigenvalue weighted by atomic mass is 10.1. The molecule has 0 saturated carbocycles. The molecule has 0 aliphatic carbocycles. The molecule has 15 nitrogen and oxygen atoms in total. The van der Waals surface area contributed by atoms with Crippen LogP contribution < -0.4 is 26.0 Å². The SMILES string of the molecule is CC(=O)C(N=Nc1cc(C(=O)Nc2ccc(Cl)cc2Cl)ccc1Cl)C(=O)Nc1ccc(NC(=O)C(N=Nc2cc(C(=O)Nc3ccc(Cl)cc3Cl)ccc2Cl)C(C)=O)c(OCCl)c1. The van der Waals surface area contributed by atoms with Gasteiger partial charge in [0.1, 0.15) is 17.1 Å². The molecule has 63 heavy (non-hydrogen) atoms. The summed E-state index contributed by atoms with van der Waals surface area (Å²) < 4.78 is 5.46. The van der Waals surface area contributed by atoms with Crippen LogP contribution in [0.25, 0.3) is 0 Å². The Bertz CT molecular complexity index is 2700. The summed E-state index contributed by atoms with van der Waals surface area (Å²) in [7, 11) is 0. The lowest BCUT2D eigenvalue weighted by Gasteiger charge is -2.15. The van der Waals surface area contributed by atoms with E-state index in [0.29, 0.717) is 21.4 Å². The van der Waals surface area contributed by atoms with Gasteiger partial charge in [-0.1, -0.05) is 81.2 Å². The van der Waals surface area contributed by atoms with Gasteiger partial charge in [-0.05, 0) is 98.8 Å². The van der Waals surface area contributed by atoms with Gasteiger partial charge in [-0.2, -0.15) is 20.5 Å². The van der Waals surface area contributed by atoms with Gasteiger partial charge >= 0.3 is 0 Å². The molecule has 0 aliphatic heterocycles. The molecule has 2 atom stereocenters. The zero-order valence-corrected chi connectivity index (χ0v) is 37.6. The Morgan fingerprint density at radius 3 is 1.40 bits per heavy atom. The Balaban J connectivity index is 1.28. The van der Waals surface area contributed by atoms with Crippen molar-refractivity contribution in [3.63, 3.8) is 0 Å². The summed E-state index contributed by atoms with van der Waals surface area (Å²) >= 11 is 42.6. The van der Waals surface area contributed by atoms with E-state index in [-0.39, 0.29) is 59.7 Å². The number of nitrogens with zero attached hydrogens (tertiary/aromatic N) is 4. The van der Waals surface area contributed by atoms with Gasteiger partial charge in [0.05, 0.1) is 37.2 Å². The maximum Gasteiger partial charge on any atom is 0.258 e. The number of Topliss-reactive ketones (excluding diaryl/α,β-unsaturated/α-hetero) is 2. The van der Waals surface area contributed by atoms with Crippen molar-refractivity contribution in [1.29, 1.82) is 0 Å². The van der Waals surface area contributed by atoms with Gasteiger partial charge in [0.2, 0.25) is 12.1 Å². The number of carbonyl (C=O) groups excluding carboxylic acids is 6. The van der Waals surface area contributed by atoms with Gasteiger partial charge in [-0.25, -0.2) is 0 Å². The predicted octanol–water partition coefficient (Wildman–Crippen LogP) is 12.0. The molecule has 2 unspecified atom stereocenters. The van der Waals surface area contributed by atoms with Crippen LogP contribution in [0.5, 0.6) is 5.75 Å². The van der Waals surface area contributed by atoms with Gasteiger partial charge in [-0.3, -0.25) is 28.8 Å². The number of anilines is 4. The van der Waals surface area contributed by atoms with Crippen LogP contribution in [0.2, 0.25) is 30.1 Å². The molecule has 0 aliphatic rings. The molecule has 4 amide bonds. The standard InChI is InChI=1S/C41H29Cl7N8O7/c1-19(57)36(55-53-33-13-21(3-8-26(33)45)38(59)50-30-10-5-23(43)15-28(30)47)40(61)49-25-7-12-32(35(17-25)63-18-42)52-41(62)37(20(2)58)56-54-34-14-22(4-9-27(34)46)39(60)51-31-11-6-24(44)16-29(31)48/h3-17,36-37H,18H2,1-2H3,(H,49,61)(H,50,59)(H,51,60)(H,52,62). The summed E-state index contributed by atoms with van der Waals surface area (Å²) in [5, 5.41) is 27.4. The number of rotatable bonds is 16. The number of ketones is 2. The van der Waals surface area contributed by atoms with Crippen LogP contribution >= 0.6 is 81.2 Å². The topological polar surface area (TPSA) is 209 Å². The van der Waals surface area contributed by atoms with Crippen molar-refractivity contribution in [2.45, 2.75) is 25.9 Å². The molecule has 5 rings (SSSR count). The van der Waals surface area contributed by atoms with E-state index in [9.17, 15) is 28.8 Å². The number of benzene rings is 5. The second-order valence-corrected chi connectivity index (χ2v) is 15.6. The first-order valence-corrected chi connectivity index (χ1v) is 20.6. The minimum Gasteiger partial charge on any atom is -0.476 e. The van der Waals surface area contributed by atoms with E-state index in [0.717, 1.165) is 13.8 Å². The number of carbonyl (C=O) groups is 6. The van der Waals surface area contributed by atoms with Crippen LogP contribution in [0.15, 0.2) is 111 Å². The van der Waals surface area contributed by atoms with Crippen molar-refractivity contribution in [2.24, 2.45) is 20.5 Å². The molecule has 0 radical (unpaired) electrons. The predicted molar refractivity (Wildman–Crippen MR) is 245 cm³/mol. The molecule has 0 heterocycles. The quantitative estimate of drug-likeness (QED) is 0.0426. The average molecular weight is 994 g/mol. The number of amides is 4. The first-order valence-electron chi connectivity index (χ1n) is 17.8. The van der Waals surface area contributed by atoms with E-state index >= 15 is 0 Å². The molecular formula is C41H29Cl7N8O7. The Kier molecular flexibility index (Phi) is 17.0. The van der Waals surface area contributed by atoms with Gasteiger partial charge < -0.3 is 26.0 Å². The summed E-state index contributed by atoms with van der Waals surface area (Å²) in [5.74, 6) is -4.43. The van der Waals surface area contributed by atoms with E-state index in [1.165, 1.54) is 78.9 Å². The summed E-state index contributed by atoms with van der Waals surface area (Å²) in [4.78, 5) is 77.8. The third-order valence-corrected chi connectivity index (χ3v) is 10.2. The van der Waals surface area contributed by atoms with E-state index < -0.39 is 53.3 Å². The van der Waals surface area contributed by atoms with Gasteiger partial charge in [0.25, 0.3) is 23.6 Å². The second-order valence-electron chi connectivity index (χ2n) is 12.9. The Morgan fingerprint density at radius 1 is 0.524 bits per heavy atom. The summed E-state index contributed by atoms with van der Waals surface area (Å²) in [6.45, 7) is 2.23. The number of alkyl halides is 1. The second kappa shape index (κ2) is 22.1. The van der Waals surface area contributed by atoms with Gasteiger partial charge in [0, 0.05) is 32.9 Å². The summed E-state index contributed by atoms with van der Waals surface area (Å²) in [5.41, 5.74) is 0.850. The Labute approximate surface area is 393 Å². The third kappa shape index (κ3) is 13.2. The first kappa shape index (κ1) is 48.4. The van der Waals surface area contributed by atoms with Gasteiger partial charge in [0.15, 0.2) is 17.6 Å². The molecular weight excluding hydrogens is 965 g/mol. The zero-order valence-electron chi connectivity index (χ0n) is 32.3. The van der Waals surface area contributed by atoms with E-state index in [1.54, 1.807) is 12.1 Å². The molecule has 0 bridgehead atoms. The molecule has 5 aromatic carbocycles. The third-order valence-electron chi connectivity index (χ3n) is 8.32. The fourth-order valence-electron chi connectivity index (χ4n) is 5.20. The van der Waals surface area contributed by atoms with Crippen LogP contribution in [0, 0.1) is 0 Å². The van der Waals surface area contributed by atoms with Crippen molar-refractivity contribution in [1.82, 2.24) is 0 Å². The normalized spacial score (nSPS) is 12.1. The number of ether oxygens (including phenoxy) is 1. The molecule has 0 spiro atoms. The lowest BCUT2D eigenvalue weighted by Crippen LogP contribution is -2.32. The molecule has 0 fully saturated rings. The molecule has 4 N–H and O–H groups in total. The Hall–Kier alpha value is -5.65. The molecule has 22 heteroatoms. The smallest absolute Gasteiger partial charge is 0.258 e. The minimum absolute atomic E-state index is 0.0114. The number of halogens is 7.